The molecule has 0 spiro atoms. The van der Waals surface area contributed by atoms with Gasteiger partial charge in [-0.1, -0.05) is 32.0 Å². The van der Waals surface area contributed by atoms with Crippen LogP contribution in [-0.2, 0) is 0 Å². The summed E-state index contributed by atoms with van der Waals surface area (Å²) in [5.74, 6) is 0.373. The molecule has 0 bridgehead atoms. The van der Waals surface area contributed by atoms with Gasteiger partial charge in [-0.3, -0.25) is 4.79 Å². The number of nitrogens with two attached hydrogens (primary N) is 1. The highest BCUT2D eigenvalue weighted by molar-refractivity contribution is 5.95. The number of benzene rings is 1. The number of ether oxygens (including phenoxy) is 1. The molecule has 136 valence electrons. The zero-order valence-electron chi connectivity index (χ0n) is 14.8. The van der Waals surface area contributed by atoms with E-state index in [2.05, 4.69) is 18.9 Å². The number of amides is 1. The van der Waals surface area contributed by atoms with Crippen molar-refractivity contribution in [2.24, 2.45) is 11.1 Å². The van der Waals surface area contributed by atoms with Crippen molar-refractivity contribution in [1.29, 1.82) is 0 Å². The molecule has 7 heteroatoms. The molecule has 0 aliphatic carbocycles. The Morgan fingerprint density at radius 3 is 2.60 bits per heavy atom. The van der Waals surface area contributed by atoms with E-state index in [-0.39, 0.29) is 29.8 Å². The largest absolute Gasteiger partial charge is 0.493 e. The predicted octanol–water partition coefficient (Wildman–Crippen LogP) is 2.50. The van der Waals surface area contributed by atoms with E-state index in [0.717, 1.165) is 12.1 Å². The molecular weight excluding hydrogens is 340 g/mol. The monoisotopic (exact) mass is 364 g/mol. The average Bonchev–Trinajstić information content (AvgIpc) is 3.01. The molecule has 1 fully saturated rings. The molecule has 6 nitrogen and oxygen atoms in total. The molecule has 1 aromatic heterocycles. The van der Waals surface area contributed by atoms with Gasteiger partial charge in [-0.25, -0.2) is 4.68 Å². The number of rotatable bonds is 3. The summed E-state index contributed by atoms with van der Waals surface area (Å²) in [7, 11) is 1.55. The summed E-state index contributed by atoms with van der Waals surface area (Å²) >= 11 is 0. The van der Waals surface area contributed by atoms with E-state index in [4.69, 9.17) is 10.5 Å². The van der Waals surface area contributed by atoms with Crippen LogP contribution in [0.25, 0.3) is 5.69 Å². The van der Waals surface area contributed by atoms with Gasteiger partial charge >= 0.3 is 0 Å². The predicted molar refractivity (Wildman–Crippen MR) is 99.6 cm³/mol. The standard InChI is InChI=1S/C18H24N4O2.ClH/c1-18(2)12-21(10-9-15(18)19)17(23)16-14(24-3)11-22(20-16)13-7-5-4-6-8-13;/h4-8,11,15H,9-10,12,19H2,1-3H3;1H. The van der Waals surface area contributed by atoms with Gasteiger partial charge in [0.25, 0.3) is 5.91 Å². The normalized spacial score (nSPS) is 19.2. The summed E-state index contributed by atoms with van der Waals surface area (Å²) in [4.78, 5) is 14.8. The Morgan fingerprint density at radius 1 is 1.32 bits per heavy atom. The van der Waals surface area contributed by atoms with Crippen molar-refractivity contribution >= 4 is 18.3 Å². The Bertz CT molecular complexity index is 730. The van der Waals surface area contributed by atoms with Gasteiger partial charge in [0.15, 0.2) is 11.4 Å². The number of aromatic nitrogens is 2. The third-order valence-electron chi connectivity index (χ3n) is 4.72. The van der Waals surface area contributed by atoms with Gasteiger partial charge in [0.05, 0.1) is 19.0 Å². The summed E-state index contributed by atoms with van der Waals surface area (Å²) in [5.41, 5.74) is 7.28. The highest BCUT2D eigenvalue weighted by atomic mass is 35.5. The number of hydrogen-bond donors (Lipinski definition) is 1. The molecule has 3 rings (SSSR count). The van der Waals surface area contributed by atoms with Crippen LogP contribution >= 0.6 is 12.4 Å². The minimum Gasteiger partial charge on any atom is -0.493 e. The van der Waals surface area contributed by atoms with Gasteiger partial charge < -0.3 is 15.4 Å². The van der Waals surface area contributed by atoms with E-state index in [0.29, 0.717) is 24.5 Å². The second-order valence-corrected chi connectivity index (χ2v) is 6.94. The highest BCUT2D eigenvalue weighted by Crippen LogP contribution is 2.30. The van der Waals surface area contributed by atoms with Crippen LogP contribution in [-0.4, -0.2) is 46.8 Å². The van der Waals surface area contributed by atoms with E-state index in [1.54, 1.807) is 18.0 Å². The lowest BCUT2D eigenvalue weighted by atomic mass is 9.79. The Hall–Kier alpha value is -2.05. The van der Waals surface area contributed by atoms with Crippen molar-refractivity contribution in [2.75, 3.05) is 20.2 Å². The molecule has 2 aromatic rings. The fourth-order valence-electron chi connectivity index (χ4n) is 3.07. The zero-order valence-corrected chi connectivity index (χ0v) is 15.6. The van der Waals surface area contributed by atoms with Crippen molar-refractivity contribution in [3.63, 3.8) is 0 Å². The van der Waals surface area contributed by atoms with Crippen LogP contribution in [0.5, 0.6) is 5.75 Å². The summed E-state index contributed by atoms with van der Waals surface area (Å²) in [6.07, 6.45) is 2.53. The van der Waals surface area contributed by atoms with Gasteiger partial charge in [-0.05, 0) is 24.0 Å². The second kappa shape index (κ2) is 7.45. The molecule has 1 aromatic carbocycles. The van der Waals surface area contributed by atoms with E-state index < -0.39 is 0 Å². The Balaban J connectivity index is 0.00000225. The first-order valence-corrected chi connectivity index (χ1v) is 8.16. The fraction of sp³-hybridized carbons (Fsp3) is 0.444. The van der Waals surface area contributed by atoms with Crippen LogP contribution in [0.15, 0.2) is 36.5 Å². The number of para-hydroxylation sites is 1. The number of nitrogens with zero attached hydrogens (tertiary/aromatic N) is 3. The minimum atomic E-state index is -0.110. The van der Waals surface area contributed by atoms with Crippen LogP contribution in [0, 0.1) is 5.41 Å². The van der Waals surface area contributed by atoms with Crippen LogP contribution in [0.2, 0.25) is 0 Å². The number of carbonyl (C=O) groups excluding carboxylic acids is 1. The summed E-state index contributed by atoms with van der Waals surface area (Å²) < 4.78 is 7.05. The number of methoxy groups -OCH3 is 1. The smallest absolute Gasteiger partial charge is 0.278 e. The molecular formula is C18H25ClN4O2. The zero-order chi connectivity index (χ0) is 17.3. The Labute approximate surface area is 154 Å². The maximum absolute atomic E-state index is 12.9. The molecule has 1 unspecified atom stereocenters. The maximum atomic E-state index is 12.9. The van der Waals surface area contributed by atoms with Gasteiger partial charge in [-0.15, -0.1) is 12.4 Å². The fourth-order valence-corrected chi connectivity index (χ4v) is 3.07. The molecule has 2 heterocycles. The van der Waals surface area contributed by atoms with Crippen LogP contribution in [0.3, 0.4) is 0 Å². The molecule has 1 amide bonds. The lowest BCUT2D eigenvalue weighted by Crippen LogP contribution is -2.54. The highest BCUT2D eigenvalue weighted by Gasteiger charge is 2.37. The van der Waals surface area contributed by atoms with E-state index in [1.807, 2.05) is 35.2 Å². The molecule has 2 N–H and O–H groups in total. The van der Waals surface area contributed by atoms with Crippen molar-refractivity contribution in [2.45, 2.75) is 26.3 Å². The molecule has 0 radical (unpaired) electrons. The lowest BCUT2D eigenvalue weighted by molar-refractivity contribution is 0.0524. The quantitative estimate of drug-likeness (QED) is 0.908. The third-order valence-corrected chi connectivity index (χ3v) is 4.72. The molecule has 1 atom stereocenters. The van der Waals surface area contributed by atoms with Gasteiger partial charge in [0, 0.05) is 19.1 Å². The Kier molecular flexibility index (Phi) is 5.75. The molecule has 1 saturated heterocycles. The van der Waals surface area contributed by atoms with Crippen molar-refractivity contribution in [1.82, 2.24) is 14.7 Å². The lowest BCUT2D eigenvalue weighted by Gasteiger charge is -2.42. The van der Waals surface area contributed by atoms with Crippen molar-refractivity contribution in [3.8, 4) is 11.4 Å². The SMILES string of the molecule is COc1cn(-c2ccccc2)nc1C(=O)N1CCC(N)C(C)(C)C1.Cl. The topological polar surface area (TPSA) is 73.4 Å². The van der Waals surface area contributed by atoms with E-state index in [9.17, 15) is 4.79 Å². The first-order chi connectivity index (χ1) is 11.4. The summed E-state index contributed by atoms with van der Waals surface area (Å²) in [5, 5.41) is 4.46. The Morgan fingerprint density at radius 2 is 2.00 bits per heavy atom. The summed E-state index contributed by atoms with van der Waals surface area (Å²) in [6, 6.07) is 9.77. The van der Waals surface area contributed by atoms with Crippen LogP contribution in [0.4, 0.5) is 0 Å². The van der Waals surface area contributed by atoms with Crippen LogP contribution < -0.4 is 10.5 Å². The van der Waals surface area contributed by atoms with Crippen molar-refractivity contribution < 1.29 is 9.53 Å². The number of carbonyl (C=O) groups is 1. The number of likely N-dealkylation sites (tertiary alicyclic amines) is 1. The first-order valence-electron chi connectivity index (χ1n) is 8.16. The molecule has 25 heavy (non-hydrogen) atoms. The maximum Gasteiger partial charge on any atom is 0.278 e. The van der Waals surface area contributed by atoms with Gasteiger partial charge in [-0.2, -0.15) is 5.10 Å². The third kappa shape index (κ3) is 3.80. The van der Waals surface area contributed by atoms with E-state index in [1.165, 1.54) is 0 Å². The van der Waals surface area contributed by atoms with Crippen molar-refractivity contribution in [3.05, 3.63) is 42.2 Å². The number of piperidine rings is 1. The first kappa shape index (κ1) is 19.3. The van der Waals surface area contributed by atoms with Gasteiger partial charge in [0.2, 0.25) is 0 Å². The molecule has 1 aliphatic heterocycles. The van der Waals surface area contributed by atoms with E-state index >= 15 is 0 Å². The van der Waals surface area contributed by atoms with Gasteiger partial charge in [0.1, 0.15) is 0 Å². The molecule has 0 saturated carbocycles. The minimum absolute atomic E-state index is 0. The number of halogens is 1. The average molecular weight is 365 g/mol. The van der Waals surface area contributed by atoms with Crippen LogP contribution in [0.1, 0.15) is 30.8 Å². The molecule has 1 aliphatic rings. The number of hydrogen-bond acceptors (Lipinski definition) is 4. The second-order valence-electron chi connectivity index (χ2n) is 6.94. The summed E-state index contributed by atoms with van der Waals surface area (Å²) in [6.45, 7) is 5.45.